The van der Waals surface area contributed by atoms with Crippen molar-refractivity contribution in [2.45, 2.75) is 111 Å². The first-order valence-corrected chi connectivity index (χ1v) is 14.9. The summed E-state index contributed by atoms with van der Waals surface area (Å²) >= 11 is 0. The maximum Gasteiger partial charge on any atom is 0.425 e. The summed E-state index contributed by atoms with van der Waals surface area (Å²) in [5.41, 5.74) is 0.955. The lowest BCUT2D eigenvalue weighted by atomic mass is 9.73. The maximum absolute atomic E-state index is 13.7. The number of hydrogen-bond donors (Lipinski definition) is 1. The summed E-state index contributed by atoms with van der Waals surface area (Å²) in [6.07, 6.45) is -8.72. The number of aliphatic carboxylic acids is 1. The van der Waals surface area contributed by atoms with Gasteiger partial charge in [-0.25, -0.2) is 14.6 Å². The molecular formula is C33H45F3N2O7. The van der Waals surface area contributed by atoms with Gasteiger partial charge in [-0.1, -0.05) is 47.6 Å². The first-order chi connectivity index (χ1) is 20.7. The van der Waals surface area contributed by atoms with Crippen LogP contribution in [-0.2, 0) is 26.3 Å². The smallest absolute Gasteiger partial charge is 0.425 e. The topological polar surface area (TPSA) is 107 Å². The van der Waals surface area contributed by atoms with Gasteiger partial charge in [0.05, 0.1) is 32.0 Å². The molecule has 1 aliphatic heterocycles. The monoisotopic (exact) mass is 638 g/mol. The number of aromatic nitrogens is 1. The first-order valence-electron chi connectivity index (χ1n) is 14.9. The number of nitrogens with zero attached hydrogens (tertiary/aromatic N) is 2. The van der Waals surface area contributed by atoms with Crippen LogP contribution in [0.25, 0.3) is 0 Å². The molecule has 45 heavy (non-hydrogen) atoms. The van der Waals surface area contributed by atoms with Crippen molar-refractivity contribution in [2.75, 3.05) is 7.11 Å². The summed E-state index contributed by atoms with van der Waals surface area (Å²) in [6, 6.07) is 6.05. The lowest BCUT2D eigenvalue weighted by Crippen LogP contribution is -2.48. The third kappa shape index (κ3) is 8.19. The molecule has 1 N–H and O–H groups in total. The van der Waals surface area contributed by atoms with Crippen LogP contribution in [0.4, 0.5) is 18.0 Å². The quantitative estimate of drug-likeness (QED) is 0.305. The number of carbonyl (C=O) groups is 2. The summed E-state index contributed by atoms with van der Waals surface area (Å²) in [5, 5.41) is 10.6. The number of ether oxygens (including phenoxy) is 4. The van der Waals surface area contributed by atoms with E-state index in [0.29, 0.717) is 18.2 Å². The number of hydrogen-bond acceptors (Lipinski definition) is 7. The molecule has 1 fully saturated rings. The summed E-state index contributed by atoms with van der Waals surface area (Å²) in [5.74, 6) is -1.68. The Labute approximate surface area is 263 Å². The van der Waals surface area contributed by atoms with Crippen LogP contribution >= 0.6 is 0 Å². The molecule has 9 nitrogen and oxygen atoms in total. The number of pyridine rings is 1. The summed E-state index contributed by atoms with van der Waals surface area (Å²) in [4.78, 5) is 31.8. The highest BCUT2D eigenvalue weighted by molar-refractivity contribution is 5.82. The number of carboxylic acids is 1. The lowest BCUT2D eigenvalue weighted by Gasteiger charge is -2.35. The van der Waals surface area contributed by atoms with E-state index >= 15 is 0 Å². The van der Waals surface area contributed by atoms with Crippen LogP contribution in [0, 0.1) is 11.3 Å². The average molecular weight is 639 g/mol. The molecule has 5 atom stereocenters. The number of alkyl halides is 3. The Morgan fingerprint density at radius 1 is 1.04 bits per heavy atom. The van der Waals surface area contributed by atoms with E-state index in [4.69, 9.17) is 18.9 Å². The van der Waals surface area contributed by atoms with Gasteiger partial charge in [0.15, 0.2) is 6.10 Å². The fourth-order valence-electron chi connectivity index (χ4n) is 5.64. The summed E-state index contributed by atoms with van der Waals surface area (Å²) in [7, 11) is 1.52. The highest BCUT2D eigenvalue weighted by Crippen LogP contribution is 2.51. The second-order valence-corrected chi connectivity index (χ2v) is 13.7. The van der Waals surface area contributed by atoms with Gasteiger partial charge in [0.25, 0.3) is 0 Å². The number of methoxy groups -OCH3 is 1. The van der Waals surface area contributed by atoms with Crippen molar-refractivity contribution in [1.29, 1.82) is 0 Å². The Balaban J connectivity index is 2.25. The standard InChI is InChI=1S/C33H45F3N2O7/c1-18(2)44-28-22(12-11-15-37-28)25-27(43-17-20-16-21(31(4,5)6)13-14-23(20)42-10)24(32(7,8)9)26(29(39)40)38(25)30(41)45-19(3)33(34,35)36/h11-16,18-19,24-27H,17H2,1-10H3,(H,39,40)/t19-,24+,25-,26-,27-/m0/s1. The van der Waals surface area contributed by atoms with E-state index in [2.05, 4.69) is 25.8 Å². The molecule has 0 spiro atoms. The molecule has 1 saturated heterocycles. The van der Waals surface area contributed by atoms with Gasteiger partial charge in [0.2, 0.25) is 5.88 Å². The molecule has 1 aromatic heterocycles. The summed E-state index contributed by atoms with van der Waals surface area (Å²) in [6.45, 7) is 15.7. The number of rotatable bonds is 9. The van der Waals surface area contributed by atoms with E-state index < -0.39 is 53.9 Å². The van der Waals surface area contributed by atoms with Gasteiger partial charge in [0.1, 0.15) is 11.8 Å². The Bertz CT molecular complexity index is 1350. The molecule has 0 saturated carbocycles. The number of benzene rings is 1. The maximum atomic E-state index is 13.7. The third-order valence-corrected chi connectivity index (χ3v) is 7.85. The van der Waals surface area contributed by atoms with E-state index in [1.165, 1.54) is 13.3 Å². The van der Waals surface area contributed by atoms with E-state index in [1.54, 1.807) is 46.8 Å². The molecule has 0 radical (unpaired) electrons. The van der Waals surface area contributed by atoms with Crippen LogP contribution in [0.15, 0.2) is 36.5 Å². The average Bonchev–Trinajstić information content (AvgIpc) is 3.26. The molecule has 0 aliphatic carbocycles. The Morgan fingerprint density at radius 3 is 2.20 bits per heavy atom. The van der Waals surface area contributed by atoms with Crippen molar-refractivity contribution >= 4 is 12.1 Å². The molecule has 1 aliphatic rings. The number of carbonyl (C=O) groups excluding carboxylic acids is 1. The fourth-order valence-corrected chi connectivity index (χ4v) is 5.64. The molecule has 0 bridgehead atoms. The van der Waals surface area contributed by atoms with Crippen molar-refractivity contribution < 1.29 is 46.8 Å². The van der Waals surface area contributed by atoms with Crippen LogP contribution in [0.5, 0.6) is 11.6 Å². The van der Waals surface area contributed by atoms with E-state index in [9.17, 15) is 27.9 Å². The number of carboxylic acid groups (broad SMARTS) is 1. The van der Waals surface area contributed by atoms with E-state index in [0.717, 1.165) is 10.5 Å². The van der Waals surface area contributed by atoms with Gasteiger partial charge in [-0.15, -0.1) is 0 Å². The van der Waals surface area contributed by atoms with Crippen molar-refractivity contribution in [2.24, 2.45) is 11.3 Å². The lowest BCUT2D eigenvalue weighted by molar-refractivity contribution is -0.200. The van der Waals surface area contributed by atoms with Crippen molar-refractivity contribution in [3.63, 3.8) is 0 Å². The Morgan fingerprint density at radius 2 is 1.69 bits per heavy atom. The molecule has 1 aromatic carbocycles. The number of halogens is 3. The zero-order valence-electron chi connectivity index (χ0n) is 27.6. The minimum atomic E-state index is -4.86. The summed E-state index contributed by atoms with van der Waals surface area (Å²) < 4.78 is 63.6. The third-order valence-electron chi connectivity index (χ3n) is 7.85. The normalized spacial score (nSPS) is 21.5. The van der Waals surface area contributed by atoms with E-state index in [1.807, 2.05) is 18.2 Å². The SMILES string of the molecule is COc1ccc(C(C)(C)C)cc1CO[C@H]1[C@H](C(C)(C)C)[C@@H](C(=O)O)N(C(=O)O[C@@H](C)C(F)(F)F)[C@H]1c1cccnc1OC(C)C. The van der Waals surface area contributed by atoms with Gasteiger partial charge < -0.3 is 24.1 Å². The molecule has 2 aromatic rings. The second kappa shape index (κ2) is 13.4. The second-order valence-electron chi connectivity index (χ2n) is 13.7. The number of likely N-dealkylation sites (tertiary alicyclic amines) is 1. The number of amides is 1. The molecular weight excluding hydrogens is 593 g/mol. The van der Waals surface area contributed by atoms with Gasteiger partial charge >= 0.3 is 18.2 Å². The van der Waals surface area contributed by atoms with Gasteiger partial charge in [0, 0.05) is 23.2 Å². The van der Waals surface area contributed by atoms with Crippen molar-refractivity contribution in [1.82, 2.24) is 9.88 Å². The highest BCUT2D eigenvalue weighted by atomic mass is 19.4. The molecule has 2 heterocycles. The first kappa shape index (κ1) is 35.9. The molecule has 3 rings (SSSR count). The van der Waals surface area contributed by atoms with Crippen LogP contribution in [0.2, 0.25) is 0 Å². The predicted molar refractivity (Wildman–Crippen MR) is 161 cm³/mol. The highest BCUT2D eigenvalue weighted by Gasteiger charge is 2.60. The minimum Gasteiger partial charge on any atom is -0.496 e. The van der Waals surface area contributed by atoms with Gasteiger partial charge in [-0.2, -0.15) is 13.2 Å². The van der Waals surface area contributed by atoms with Gasteiger partial charge in [-0.3, -0.25) is 4.90 Å². The predicted octanol–water partition coefficient (Wildman–Crippen LogP) is 7.32. The van der Waals surface area contributed by atoms with E-state index in [-0.39, 0.29) is 29.6 Å². The molecule has 1 amide bonds. The van der Waals surface area contributed by atoms with Crippen LogP contribution in [0.3, 0.4) is 0 Å². The van der Waals surface area contributed by atoms with Crippen molar-refractivity contribution in [3.8, 4) is 11.6 Å². The van der Waals surface area contributed by atoms with Crippen LogP contribution < -0.4 is 9.47 Å². The Kier molecular flexibility index (Phi) is 10.7. The largest absolute Gasteiger partial charge is 0.496 e. The van der Waals surface area contributed by atoms with Crippen LogP contribution in [-0.4, -0.2) is 64.7 Å². The van der Waals surface area contributed by atoms with Crippen LogP contribution in [0.1, 0.15) is 85.0 Å². The molecule has 12 heteroatoms. The molecule has 0 unspecified atom stereocenters. The fraction of sp³-hybridized carbons (Fsp3) is 0.606. The minimum absolute atomic E-state index is 0.0460. The van der Waals surface area contributed by atoms with Crippen molar-refractivity contribution in [3.05, 3.63) is 53.2 Å². The Hall–Kier alpha value is -3.54. The zero-order chi connectivity index (χ0) is 34.1. The molecule has 250 valence electrons. The zero-order valence-corrected chi connectivity index (χ0v) is 27.6. The van der Waals surface area contributed by atoms with Gasteiger partial charge in [-0.05, 0) is 61.4 Å².